The summed E-state index contributed by atoms with van der Waals surface area (Å²) in [6, 6.07) is 12.4. The highest BCUT2D eigenvalue weighted by Crippen LogP contribution is 2.31. The van der Waals surface area contributed by atoms with Crippen molar-refractivity contribution in [3.05, 3.63) is 53.2 Å². The maximum absolute atomic E-state index is 12.8. The highest BCUT2D eigenvalue weighted by molar-refractivity contribution is 6.32. The number of carbonyl (C=O) groups is 2. The molecule has 9 heteroatoms. The molecule has 2 aromatic carbocycles. The van der Waals surface area contributed by atoms with Crippen LogP contribution in [0.1, 0.15) is 44.1 Å². The second kappa shape index (κ2) is 10.1. The van der Waals surface area contributed by atoms with Gasteiger partial charge in [0.1, 0.15) is 28.9 Å². The number of piperidine rings is 1. The minimum absolute atomic E-state index is 0.197. The predicted molar refractivity (Wildman–Crippen MR) is 136 cm³/mol. The third kappa shape index (κ3) is 6.19. The van der Waals surface area contributed by atoms with Gasteiger partial charge in [0, 0.05) is 23.1 Å². The summed E-state index contributed by atoms with van der Waals surface area (Å²) < 4.78 is 16.8. The lowest BCUT2D eigenvalue weighted by Crippen LogP contribution is -2.46. The Morgan fingerprint density at radius 1 is 1.14 bits per heavy atom. The molecule has 2 N–H and O–H groups in total. The summed E-state index contributed by atoms with van der Waals surface area (Å²) in [6.07, 6.45) is 1.08. The molecular weight excluding hydrogens is 470 g/mol. The molecule has 1 aromatic heterocycles. The van der Waals surface area contributed by atoms with Crippen LogP contribution in [0.15, 0.2) is 42.5 Å². The van der Waals surface area contributed by atoms with Gasteiger partial charge >= 0.3 is 6.09 Å². The fourth-order valence-electron chi connectivity index (χ4n) is 3.94. The van der Waals surface area contributed by atoms with Gasteiger partial charge in [0.25, 0.3) is 5.91 Å². The summed E-state index contributed by atoms with van der Waals surface area (Å²) >= 11 is 6.46. The zero-order valence-corrected chi connectivity index (χ0v) is 21.1. The van der Waals surface area contributed by atoms with Gasteiger partial charge in [-0.3, -0.25) is 4.79 Å². The Kier molecular flexibility index (Phi) is 7.12. The van der Waals surface area contributed by atoms with Gasteiger partial charge in [-0.1, -0.05) is 11.6 Å². The van der Waals surface area contributed by atoms with E-state index in [-0.39, 0.29) is 18.1 Å². The first-order valence-corrected chi connectivity index (χ1v) is 11.9. The van der Waals surface area contributed by atoms with Crippen molar-refractivity contribution in [2.75, 3.05) is 25.5 Å². The molecule has 186 valence electrons. The van der Waals surface area contributed by atoms with Gasteiger partial charge in [-0.2, -0.15) is 0 Å². The van der Waals surface area contributed by atoms with Crippen LogP contribution < -0.4 is 14.8 Å². The number of nitrogens with zero attached hydrogens (tertiary/aromatic N) is 1. The molecule has 35 heavy (non-hydrogen) atoms. The number of anilines is 1. The summed E-state index contributed by atoms with van der Waals surface area (Å²) in [5.74, 6) is 0.932. The molecule has 0 spiro atoms. The Bertz CT molecular complexity index is 1230. The van der Waals surface area contributed by atoms with E-state index in [1.165, 1.54) is 0 Å². The Hall–Kier alpha value is -3.39. The van der Waals surface area contributed by atoms with Crippen LogP contribution in [0.4, 0.5) is 10.5 Å². The van der Waals surface area contributed by atoms with Crippen molar-refractivity contribution in [2.45, 2.75) is 45.3 Å². The van der Waals surface area contributed by atoms with E-state index in [4.69, 9.17) is 25.8 Å². The number of hydrogen-bond acceptors (Lipinski definition) is 5. The van der Waals surface area contributed by atoms with Gasteiger partial charge < -0.3 is 29.4 Å². The second-order valence-electron chi connectivity index (χ2n) is 9.54. The molecule has 2 heterocycles. The summed E-state index contributed by atoms with van der Waals surface area (Å²) in [7, 11) is 1.60. The van der Waals surface area contributed by atoms with Gasteiger partial charge in [-0.25, -0.2) is 4.79 Å². The number of ether oxygens (including phenoxy) is 3. The van der Waals surface area contributed by atoms with Gasteiger partial charge in [-0.15, -0.1) is 0 Å². The molecule has 4 rings (SSSR count). The van der Waals surface area contributed by atoms with E-state index < -0.39 is 5.60 Å². The fourth-order valence-corrected chi connectivity index (χ4v) is 4.16. The number of halogens is 1. The van der Waals surface area contributed by atoms with E-state index >= 15 is 0 Å². The number of likely N-dealkylation sites (tertiary alicyclic amines) is 1. The Morgan fingerprint density at radius 2 is 1.94 bits per heavy atom. The van der Waals surface area contributed by atoms with Crippen LogP contribution in [-0.2, 0) is 4.74 Å². The zero-order valence-electron chi connectivity index (χ0n) is 20.3. The van der Waals surface area contributed by atoms with Gasteiger partial charge in [0.2, 0.25) is 0 Å². The fraction of sp³-hybridized carbons (Fsp3) is 0.385. The van der Waals surface area contributed by atoms with Crippen LogP contribution in [0, 0.1) is 0 Å². The first-order chi connectivity index (χ1) is 16.6. The molecule has 1 saturated heterocycles. The molecule has 0 bridgehead atoms. The minimum Gasteiger partial charge on any atom is -0.497 e. The maximum atomic E-state index is 12.8. The number of aromatic nitrogens is 1. The molecule has 1 atom stereocenters. The Morgan fingerprint density at radius 3 is 2.66 bits per heavy atom. The number of methoxy groups -OCH3 is 1. The van der Waals surface area contributed by atoms with Crippen molar-refractivity contribution in [1.29, 1.82) is 0 Å². The van der Waals surface area contributed by atoms with Crippen molar-refractivity contribution in [3.63, 3.8) is 0 Å². The smallest absolute Gasteiger partial charge is 0.410 e. The third-order valence-corrected chi connectivity index (χ3v) is 5.88. The molecule has 0 radical (unpaired) electrons. The molecule has 1 fully saturated rings. The van der Waals surface area contributed by atoms with Crippen molar-refractivity contribution in [3.8, 4) is 11.5 Å². The van der Waals surface area contributed by atoms with Crippen LogP contribution >= 0.6 is 11.6 Å². The van der Waals surface area contributed by atoms with Crippen molar-refractivity contribution < 1.29 is 23.8 Å². The zero-order chi connectivity index (χ0) is 25.2. The summed E-state index contributed by atoms with van der Waals surface area (Å²) in [6.45, 7) is 6.59. The monoisotopic (exact) mass is 499 g/mol. The van der Waals surface area contributed by atoms with E-state index in [2.05, 4.69) is 10.3 Å². The van der Waals surface area contributed by atoms with E-state index in [0.29, 0.717) is 35.2 Å². The van der Waals surface area contributed by atoms with Crippen molar-refractivity contribution >= 4 is 40.2 Å². The van der Waals surface area contributed by atoms with Gasteiger partial charge in [0.15, 0.2) is 0 Å². The number of fused-ring (bicyclic) bond motifs is 1. The lowest BCUT2D eigenvalue weighted by atomic mass is 10.1. The topological polar surface area (TPSA) is 92.9 Å². The molecule has 3 aromatic rings. The highest BCUT2D eigenvalue weighted by atomic mass is 35.5. The summed E-state index contributed by atoms with van der Waals surface area (Å²) in [5.41, 5.74) is 1.26. The van der Waals surface area contributed by atoms with Crippen LogP contribution in [0.25, 0.3) is 10.9 Å². The molecule has 8 nitrogen and oxygen atoms in total. The lowest BCUT2D eigenvalue weighted by Gasteiger charge is -2.34. The van der Waals surface area contributed by atoms with E-state index in [1.54, 1.807) is 36.3 Å². The van der Waals surface area contributed by atoms with Crippen LogP contribution in [-0.4, -0.2) is 53.8 Å². The largest absolute Gasteiger partial charge is 0.497 e. The molecule has 1 unspecified atom stereocenters. The highest BCUT2D eigenvalue weighted by Gasteiger charge is 2.29. The SMILES string of the molecule is COc1ccc2[nH]c(C(=O)Nc3ccc(OC4CCCN(C(=O)OC(C)(C)C)C4)c(Cl)c3)cc2c1. The van der Waals surface area contributed by atoms with Crippen LogP contribution in [0.2, 0.25) is 5.02 Å². The molecular formula is C26H30ClN3O5. The number of carbonyl (C=O) groups excluding carboxylic acids is 2. The number of H-pyrrole nitrogens is 1. The molecule has 0 saturated carbocycles. The number of benzene rings is 2. The number of aromatic amines is 1. The van der Waals surface area contributed by atoms with Crippen LogP contribution in [0.3, 0.4) is 0 Å². The molecule has 1 aliphatic rings. The van der Waals surface area contributed by atoms with Crippen molar-refractivity contribution in [1.82, 2.24) is 9.88 Å². The quantitative estimate of drug-likeness (QED) is 0.458. The summed E-state index contributed by atoms with van der Waals surface area (Å²) in [4.78, 5) is 29.9. The number of hydrogen-bond donors (Lipinski definition) is 2. The van der Waals surface area contributed by atoms with E-state index in [9.17, 15) is 9.59 Å². The number of nitrogens with one attached hydrogen (secondary N) is 2. The van der Waals surface area contributed by atoms with Gasteiger partial charge in [-0.05, 0) is 76.1 Å². The predicted octanol–water partition coefficient (Wildman–Crippen LogP) is 5.86. The summed E-state index contributed by atoms with van der Waals surface area (Å²) in [5, 5.41) is 4.10. The average molecular weight is 500 g/mol. The molecule has 0 aliphatic carbocycles. The third-order valence-electron chi connectivity index (χ3n) is 5.59. The van der Waals surface area contributed by atoms with Crippen LogP contribution in [0.5, 0.6) is 11.5 Å². The maximum Gasteiger partial charge on any atom is 0.410 e. The Balaban J connectivity index is 1.38. The average Bonchev–Trinajstić information content (AvgIpc) is 3.23. The molecule has 2 amide bonds. The standard InChI is InChI=1S/C26H30ClN3O5/c1-26(2,3)35-25(32)30-11-5-6-19(15-30)34-23-10-7-17(14-20(23)27)28-24(31)22-13-16-12-18(33-4)8-9-21(16)29-22/h7-10,12-14,19,29H,5-6,11,15H2,1-4H3,(H,28,31). The normalized spacial score (nSPS) is 16.1. The first kappa shape index (κ1) is 24.7. The Labute approximate surface area is 209 Å². The first-order valence-electron chi connectivity index (χ1n) is 11.5. The second-order valence-corrected chi connectivity index (χ2v) is 9.95. The molecule has 1 aliphatic heterocycles. The van der Waals surface area contributed by atoms with Gasteiger partial charge in [0.05, 0.1) is 18.7 Å². The van der Waals surface area contributed by atoms with E-state index in [0.717, 1.165) is 29.5 Å². The van der Waals surface area contributed by atoms with Crippen molar-refractivity contribution in [2.24, 2.45) is 0 Å². The lowest BCUT2D eigenvalue weighted by molar-refractivity contribution is 0.00777. The number of amides is 2. The minimum atomic E-state index is -0.547. The van der Waals surface area contributed by atoms with E-state index in [1.807, 2.05) is 39.0 Å². The number of rotatable bonds is 5.